The fourth-order valence-electron chi connectivity index (χ4n) is 4.39. The highest BCUT2D eigenvalue weighted by atomic mass is 16.5. The Balaban J connectivity index is 1.62. The predicted octanol–water partition coefficient (Wildman–Crippen LogP) is 2.35. The number of hydrogen-bond acceptors (Lipinski definition) is 7. The number of aromatic amines is 1. The number of fused-ring (bicyclic) bond motifs is 3. The van der Waals surface area contributed by atoms with Crippen molar-refractivity contribution in [2.45, 2.75) is 13.8 Å². The summed E-state index contributed by atoms with van der Waals surface area (Å²) >= 11 is 0. The number of rotatable bonds is 3. The molecular weight excluding hydrogens is 384 g/mol. The van der Waals surface area contributed by atoms with E-state index >= 15 is 0 Å². The van der Waals surface area contributed by atoms with Crippen molar-refractivity contribution in [3.05, 3.63) is 29.2 Å². The van der Waals surface area contributed by atoms with Gasteiger partial charge >= 0.3 is 0 Å². The summed E-state index contributed by atoms with van der Waals surface area (Å²) in [5.41, 5.74) is 4.75. The molecule has 1 amide bonds. The maximum absolute atomic E-state index is 11.1. The van der Waals surface area contributed by atoms with Crippen LogP contribution in [0.2, 0.25) is 0 Å². The molecule has 9 nitrogen and oxygen atoms in total. The summed E-state index contributed by atoms with van der Waals surface area (Å²) in [4.78, 5) is 23.4. The molecule has 0 bridgehead atoms. The fraction of sp³-hybridized carbons (Fsp3) is 0.381. The van der Waals surface area contributed by atoms with E-state index in [0.717, 1.165) is 76.0 Å². The number of methoxy groups -OCH3 is 1. The molecule has 0 unspecified atom stereocenters. The van der Waals surface area contributed by atoms with Crippen LogP contribution in [0.5, 0.6) is 5.75 Å². The van der Waals surface area contributed by atoms with E-state index in [-0.39, 0.29) is 0 Å². The zero-order valence-electron chi connectivity index (χ0n) is 17.3. The Morgan fingerprint density at radius 2 is 1.97 bits per heavy atom. The van der Waals surface area contributed by atoms with Crippen LogP contribution in [0.4, 0.5) is 5.82 Å². The molecule has 5 rings (SSSR count). The lowest BCUT2D eigenvalue weighted by atomic mass is 10.00. The van der Waals surface area contributed by atoms with Crippen LogP contribution >= 0.6 is 0 Å². The van der Waals surface area contributed by atoms with Crippen molar-refractivity contribution < 1.29 is 14.1 Å². The third-order valence-electron chi connectivity index (χ3n) is 5.89. The molecule has 156 valence electrons. The number of H-pyrrole nitrogens is 1. The van der Waals surface area contributed by atoms with Gasteiger partial charge in [-0.2, -0.15) is 0 Å². The SMILES string of the molecule is COc1cc2c3c([nH]c2cc1-c1c(C)noc1C)NCN=C3N1CCN(C=O)CC1. The average molecular weight is 408 g/mol. The molecule has 0 atom stereocenters. The second kappa shape index (κ2) is 7.08. The summed E-state index contributed by atoms with van der Waals surface area (Å²) in [7, 11) is 1.67. The Kier molecular flexibility index (Phi) is 4.38. The van der Waals surface area contributed by atoms with Gasteiger partial charge in [-0.3, -0.25) is 4.79 Å². The number of aliphatic imine (C=N–C) groups is 1. The Labute approximate surface area is 173 Å². The van der Waals surface area contributed by atoms with Gasteiger partial charge in [-0.05, 0) is 26.0 Å². The van der Waals surface area contributed by atoms with Crippen LogP contribution < -0.4 is 10.1 Å². The number of amidine groups is 1. The number of amides is 1. The Bertz CT molecular complexity index is 1130. The zero-order chi connectivity index (χ0) is 20.8. The van der Waals surface area contributed by atoms with Crippen LogP contribution in [0.3, 0.4) is 0 Å². The minimum absolute atomic E-state index is 0.511. The van der Waals surface area contributed by atoms with Crippen molar-refractivity contribution in [3.63, 3.8) is 0 Å². The van der Waals surface area contributed by atoms with E-state index in [2.05, 4.69) is 32.5 Å². The molecule has 0 saturated carbocycles. The van der Waals surface area contributed by atoms with Gasteiger partial charge in [0.05, 0.1) is 23.9 Å². The summed E-state index contributed by atoms with van der Waals surface area (Å²) in [6.45, 7) is 7.28. The molecule has 1 fully saturated rings. The smallest absolute Gasteiger partial charge is 0.209 e. The molecule has 2 N–H and O–H groups in total. The summed E-state index contributed by atoms with van der Waals surface area (Å²) in [6.07, 6.45) is 0.916. The lowest BCUT2D eigenvalue weighted by molar-refractivity contribution is -0.119. The maximum atomic E-state index is 11.1. The average Bonchev–Trinajstić information content (AvgIpc) is 3.31. The van der Waals surface area contributed by atoms with Gasteiger partial charge in [-0.15, -0.1) is 0 Å². The van der Waals surface area contributed by atoms with Crippen molar-refractivity contribution in [3.8, 4) is 16.9 Å². The Morgan fingerprint density at radius 3 is 2.63 bits per heavy atom. The van der Waals surface area contributed by atoms with Gasteiger partial charge in [-0.25, -0.2) is 4.99 Å². The Hall–Kier alpha value is -3.49. The van der Waals surface area contributed by atoms with E-state index in [1.54, 1.807) is 12.0 Å². The second-order valence-electron chi connectivity index (χ2n) is 7.62. The van der Waals surface area contributed by atoms with Gasteiger partial charge in [0.2, 0.25) is 6.41 Å². The van der Waals surface area contributed by atoms with Crippen LogP contribution in [-0.4, -0.2) is 72.1 Å². The summed E-state index contributed by atoms with van der Waals surface area (Å²) in [5.74, 6) is 3.42. The number of carbonyl (C=O) groups is 1. The predicted molar refractivity (Wildman–Crippen MR) is 114 cm³/mol. The summed E-state index contributed by atoms with van der Waals surface area (Å²) in [5, 5.41) is 8.48. The molecule has 0 radical (unpaired) electrons. The number of aryl methyl sites for hydroxylation is 2. The molecule has 1 aromatic carbocycles. The molecule has 9 heteroatoms. The highest BCUT2D eigenvalue weighted by Crippen LogP contribution is 2.40. The molecule has 2 aromatic heterocycles. The maximum Gasteiger partial charge on any atom is 0.209 e. The highest BCUT2D eigenvalue weighted by Gasteiger charge is 2.28. The standard InChI is InChI=1S/C21H24N6O3/c1-12-18(13(2)30-25-12)15-8-16-14(9-17(15)29-3)19-20(24-16)22-10-23-21(19)27-6-4-26(11-28)5-7-27/h8-9,11,22,24H,4-7,10H2,1-3H3. The third-order valence-corrected chi connectivity index (χ3v) is 5.89. The van der Waals surface area contributed by atoms with E-state index < -0.39 is 0 Å². The fourth-order valence-corrected chi connectivity index (χ4v) is 4.39. The Morgan fingerprint density at radius 1 is 1.17 bits per heavy atom. The molecule has 4 heterocycles. The normalized spacial score (nSPS) is 16.3. The van der Waals surface area contributed by atoms with Crippen LogP contribution in [0.15, 0.2) is 21.6 Å². The molecule has 0 spiro atoms. The van der Waals surface area contributed by atoms with Gasteiger partial charge in [-0.1, -0.05) is 5.16 Å². The first-order valence-corrected chi connectivity index (χ1v) is 10.0. The summed E-state index contributed by atoms with van der Waals surface area (Å²) < 4.78 is 11.1. The zero-order valence-corrected chi connectivity index (χ0v) is 17.3. The minimum Gasteiger partial charge on any atom is -0.496 e. The number of nitrogens with zero attached hydrogens (tertiary/aromatic N) is 4. The number of aromatic nitrogens is 2. The van der Waals surface area contributed by atoms with Gasteiger partial charge < -0.3 is 29.4 Å². The highest BCUT2D eigenvalue weighted by molar-refractivity contribution is 6.15. The largest absolute Gasteiger partial charge is 0.496 e. The molecule has 1 saturated heterocycles. The van der Waals surface area contributed by atoms with Crippen LogP contribution in [0.1, 0.15) is 17.0 Å². The first-order valence-electron chi connectivity index (χ1n) is 10.0. The van der Waals surface area contributed by atoms with Crippen LogP contribution in [0.25, 0.3) is 22.0 Å². The van der Waals surface area contributed by atoms with Crippen LogP contribution in [-0.2, 0) is 4.79 Å². The third kappa shape index (κ3) is 2.80. The van der Waals surface area contributed by atoms with Gasteiger partial charge in [0.15, 0.2) is 0 Å². The van der Waals surface area contributed by atoms with Crippen LogP contribution in [0, 0.1) is 13.8 Å². The lowest BCUT2D eigenvalue weighted by Gasteiger charge is -2.35. The van der Waals surface area contributed by atoms with Crippen molar-refractivity contribution in [2.75, 3.05) is 45.3 Å². The van der Waals surface area contributed by atoms with Gasteiger partial charge in [0.25, 0.3) is 0 Å². The second-order valence-corrected chi connectivity index (χ2v) is 7.62. The molecule has 3 aromatic rings. The van der Waals surface area contributed by atoms with Gasteiger partial charge in [0, 0.05) is 42.6 Å². The van der Waals surface area contributed by atoms with Gasteiger partial charge in [0.1, 0.15) is 29.8 Å². The van der Waals surface area contributed by atoms with E-state index in [9.17, 15) is 4.79 Å². The first kappa shape index (κ1) is 18.5. The molecule has 2 aliphatic heterocycles. The van der Waals surface area contributed by atoms with Crippen molar-refractivity contribution in [1.29, 1.82) is 0 Å². The first-order chi connectivity index (χ1) is 14.6. The van der Waals surface area contributed by atoms with Crippen molar-refractivity contribution in [1.82, 2.24) is 19.9 Å². The molecule has 0 aliphatic carbocycles. The molecule has 30 heavy (non-hydrogen) atoms. The monoisotopic (exact) mass is 408 g/mol. The number of benzene rings is 1. The van der Waals surface area contributed by atoms with E-state index in [0.29, 0.717) is 19.8 Å². The lowest BCUT2D eigenvalue weighted by Crippen LogP contribution is -2.49. The molecular formula is C21H24N6O3. The number of anilines is 1. The van der Waals surface area contributed by atoms with E-state index in [1.807, 2.05) is 13.8 Å². The quantitative estimate of drug-likeness (QED) is 0.646. The molecule has 2 aliphatic rings. The number of piperazine rings is 1. The van der Waals surface area contributed by atoms with Crippen molar-refractivity contribution >= 4 is 29.0 Å². The number of hydrogen-bond donors (Lipinski definition) is 2. The van der Waals surface area contributed by atoms with Crippen molar-refractivity contribution in [2.24, 2.45) is 4.99 Å². The number of ether oxygens (including phenoxy) is 1. The topological polar surface area (TPSA) is 99.0 Å². The van der Waals surface area contributed by atoms with E-state index in [1.165, 1.54) is 0 Å². The number of carbonyl (C=O) groups excluding carboxylic acids is 1. The summed E-state index contributed by atoms with van der Waals surface area (Å²) in [6, 6.07) is 4.14. The van der Waals surface area contributed by atoms with E-state index in [4.69, 9.17) is 14.3 Å². The number of nitrogens with one attached hydrogen (secondary N) is 2. The minimum atomic E-state index is 0.511.